The summed E-state index contributed by atoms with van der Waals surface area (Å²) in [6.07, 6.45) is 7.00. The number of aryl methyl sites for hydroxylation is 1. The lowest BCUT2D eigenvalue weighted by Gasteiger charge is -2.25. The molecule has 2 atom stereocenters. The molecule has 0 bridgehead atoms. The molecule has 3 heterocycles. The largest absolute Gasteiger partial charge is 0.507 e. The minimum atomic E-state index is -0.697. The van der Waals surface area contributed by atoms with Crippen molar-refractivity contribution in [2.45, 2.75) is 38.5 Å². The Labute approximate surface area is 202 Å². The molecule has 0 radical (unpaired) electrons. The molecular weight excluding hydrogens is 454 g/mol. The Balaban J connectivity index is 1.52. The standard InChI is InChI=1S/C26H24ClN3O4/c1-16-13-19-14-18(5-8-21(19)34-16)24(31)22-23(17-3-6-20(27)7-4-17)30(26(33)25(22)32)11-2-10-29-12-9-28-15-29/h3-9,12,14-16,23H,2,10-11,13H2,1H3,(H,31,32)/p+1. The van der Waals surface area contributed by atoms with E-state index >= 15 is 0 Å². The summed E-state index contributed by atoms with van der Waals surface area (Å²) in [7, 11) is 0. The van der Waals surface area contributed by atoms with Gasteiger partial charge in [0.15, 0.2) is 0 Å². The van der Waals surface area contributed by atoms with E-state index in [4.69, 9.17) is 16.3 Å². The molecule has 3 aromatic rings. The molecule has 2 aliphatic rings. The second-order valence-electron chi connectivity index (χ2n) is 8.70. The molecule has 1 amide bonds. The van der Waals surface area contributed by atoms with Crippen molar-refractivity contribution >= 4 is 29.1 Å². The van der Waals surface area contributed by atoms with Gasteiger partial charge in [0, 0.05) is 30.0 Å². The maximum Gasteiger partial charge on any atom is 0.295 e. The minimum absolute atomic E-state index is 0.0601. The van der Waals surface area contributed by atoms with Crippen LogP contribution < -0.4 is 9.30 Å². The molecule has 34 heavy (non-hydrogen) atoms. The van der Waals surface area contributed by atoms with Gasteiger partial charge in [-0.2, -0.15) is 0 Å². The van der Waals surface area contributed by atoms with E-state index in [0.717, 1.165) is 23.3 Å². The zero-order chi connectivity index (χ0) is 23.8. The number of benzene rings is 2. The van der Waals surface area contributed by atoms with Gasteiger partial charge in [0.25, 0.3) is 11.7 Å². The lowest BCUT2D eigenvalue weighted by molar-refractivity contribution is -0.695. The van der Waals surface area contributed by atoms with E-state index in [0.29, 0.717) is 30.1 Å². The van der Waals surface area contributed by atoms with E-state index < -0.39 is 17.7 Å². The van der Waals surface area contributed by atoms with Crippen LogP contribution in [0.3, 0.4) is 0 Å². The summed E-state index contributed by atoms with van der Waals surface area (Å²) in [6.45, 7) is 3.03. The first-order chi connectivity index (χ1) is 16.4. The third-order valence-corrected chi connectivity index (χ3v) is 6.57. The summed E-state index contributed by atoms with van der Waals surface area (Å²) >= 11 is 6.09. The van der Waals surface area contributed by atoms with Crippen LogP contribution in [-0.2, 0) is 22.6 Å². The number of aliphatic hydroxyl groups excluding tert-OH is 1. The van der Waals surface area contributed by atoms with E-state index in [2.05, 4.69) is 4.98 Å². The Morgan fingerprint density at radius 1 is 1.24 bits per heavy atom. The van der Waals surface area contributed by atoms with Crippen LogP contribution in [0.15, 0.2) is 66.8 Å². The van der Waals surface area contributed by atoms with E-state index in [-0.39, 0.29) is 17.4 Å². The van der Waals surface area contributed by atoms with Crippen LogP contribution in [0.4, 0.5) is 0 Å². The molecule has 7 nitrogen and oxygen atoms in total. The number of aromatic amines is 1. The van der Waals surface area contributed by atoms with Crippen LogP contribution >= 0.6 is 11.6 Å². The number of halogens is 1. The number of carbonyl (C=O) groups is 2. The lowest BCUT2D eigenvalue weighted by atomic mass is 9.94. The van der Waals surface area contributed by atoms with Gasteiger partial charge in [0.2, 0.25) is 6.33 Å². The van der Waals surface area contributed by atoms with Gasteiger partial charge >= 0.3 is 0 Å². The van der Waals surface area contributed by atoms with Crippen molar-refractivity contribution in [1.82, 2.24) is 9.88 Å². The zero-order valence-corrected chi connectivity index (χ0v) is 19.5. The van der Waals surface area contributed by atoms with Crippen LogP contribution in [-0.4, -0.2) is 39.3 Å². The van der Waals surface area contributed by atoms with Crippen LogP contribution in [0.25, 0.3) is 5.76 Å². The molecule has 1 aromatic heterocycles. The molecule has 8 heteroatoms. The van der Waals surface area contributed by atoms with Crippen molar-refractivity contribution in [3.63, 3.8) is 0 Å². The zero-order valence-electron chi connectivity index (χ0n) is 18.7. The van der Waals surface area contributed by atoms with Gasteiger partial charge in [-0.25, -0.2) is 4.57 Å². The molecule has 2 unspecified atom stereocenters. The predicted octanol–water partition coefficient (Wildman–Crippen LogP) is 3.79. The Morgan fingerprint density at radius 2 is 2.03 bits per heavy atom. The van der Waals surface area contributed by atoms with Crippen molar-refractivity contribution < 1.29 is 24.0 Å². The average Bonchev–Trinajstić information content (AvgIpc) is 3.53. The summed E-state index contributed by atoms with van der Waals surface area (Å²) in [4.78, 5) is 30.8. The number of amides is 1. The third kappa shape index (κ3) is 4.07. The van der Waals surface area contributed by atoms with Gasteiger partial charge in [0.05, 0.1) is 18.2 Å². The van der Waals surface area contributed by atoms with Crippen LogP contribution in [0.5, 0.6) is 5.75 Å². The highest BCUT2D eigenvalue weighted by molar-refractivity contribution is 6.46. The monoisotopic (exact) mass is 478 g/mol. The molecule has 0 spiro atoms. The number of Topliss-reactive ketones (excluding diaryl/α,β-unsaturated/α-hetero) is 1. The fourth-order valence-corrected chi connectivity index (χ4v) is 4.84. The van der Waals surface area contributed by atoms with E-state index in [1.807, 2.05) is 36.3 Å². The molecule has 1 saturated heterocycles. The van der Waals surface area contributed by atoms with Gasteiger partial charge in [-0.3, -0.25) is 14.6 Å². The number of fused-ring (bicyclic) bond motifs is 1. The van der Waals surface area contributed by atoms with Gasteiger partial charge in [0.1, 0.15) is 30.0 Å². The van der Waals surface area contributed by atoms with E-state index in [1.54, 1.807) is 41.3 Å². The average molecular weight is 479 g/mol. The fraction of sp³-hybridized carbons (Fsp3) is 0.269. The van der Waals surface area contributed by atoms with Crippen molar-refractivity contribution in [2.24, 2.45) is 0 Å². The Morgan fingerprint density at radius 3 is 2.76 bits per heavy atom. The first-order valence-electron chi connectivity index (χ1n) is 11.3. The molecule has 2 N–H and O–H groups in total. The molecular formula is C26H25ClN3O4+. The van der Waals surface area contributed by atoms with Crippen molar-refractivity contribution in [1.29, 1.82) is 0 Å². The number of ketones is 1. The molecule has 0 aliphatic carbocycles. The number of aliphatic hydroxyl groups is 1. The number of nitrogens with zero attached hydrogens (tertiary/aromatic N) is 2. The van der Waals surface area contributed by atoms with E-state index in [1.165, 1.54) is 0 Å². The Hall–Kier alpha value is -3.58. The Bertz CT molecular complexity index is 1270. The smallest absolute Gasteiger partial charge is 0.295 e. The first-order valence-corrected chi connectivity index (χ1v) is 11.7. The summed E-state index contributed by atoms with van der Waals surface area (Å²) in [5.41, 5.74) is 2.28. The molecule has 2 aromatic carbocycles. The number of carbonyl (C=O) groups excluding carboxylic acids is 2. The van der Waals surface area contributed by atoms with Gasteiger partial charge in [-0.05, 0) is 48.4 Å². The van der Waals surface area contributed by atoms with Crippen LogP contribution in [0.2, 0.25) is 5.02 Å². The minimum Gasteiger partial charge on any atom is -0.507 e. The third-order valence-electron chi connectivity index (χ3n) is 6.31. The second-order valence-corrected chi connectivity index (χ2v) is 9.14. The molecule has 5 rings (SSSR count). The summed E-state index contributed by atoms with van der Waals surface area (Å²) in [5.74, 6) is -0.695. The number of rotatable bonds is 6. The topological polar surface area (TPSA) is 86.5 Å². The second kappa shape index (κ2) is 8.99. The lowest BCUT2D eigenvalue weighted by Crippen LogP contribution is -2.36. The number of H-pyrrole nitrogens is 1. The highest BCUT2D eigenvalue weighted by Crippen LogP contribution is 2.40. The highest BCUT2D eigenvalue weighted by Gasteiger charge is 2.46. The summed E-state index contributed by atoms with van der Waals surface area (Å²) in [5, 5.41) is 11.8. The van der Waals surface area contributed by atoms with Gasteiger partial charge < -0.3 is 14.7 Å². The number of nitrogens with one attached hydrogen (secondary N) is 1. The molecule has 174 valence electrons. The number of hydrogen-bond donors (Lipinski definition) is 2. The van der Waals surface area contributed by atoms with Crippen LogP contribution in [0, 0.1) is 0 Å². The van der Waals surface area contributed by atoms with E-state index in [9.17, 15) is 14.7 Å². The van der Waals surface area contributed by atoms with Gasteiger partial charge in [-0.1, -0.05) is 23.7 Å². The SMILES string of the molecule is CC1Cc2cc(/C(O)=C3\C(=O)C(=O)N(CCC[n+]4cc[nH]c4)C3c3ccc(Cl)cc3)ccc2O1. The number of hydrogen-bond acceptors (Lipinski definition) is 4. The summed E-state index contributed by atoms with van der Waals surface area (Å²) < 4.78 is 7.73. The Kier molecular flexibility index (Phi) is 5.87. The van der Waals surface area contributed by atoms with Gasteiger partial charge in [-0.15, -0.1) is 0 Å². The van der Waals surface area contributed by atoms with Crippen LogP contribution in [0.1, 0.15) is 36.1 Å². The predicted molar refractivity (Wildman–Crippen MR) is 126 cm³/mol. The number of ether oxygens (including phenoxy) is 1. The molecule has 1 fully saturated rings. The quantitative estimate of drug-likeness (QED) is 0.244. The number of imidazole rings is 1. The number of aromatic nitrogens is 2. The maximum absolute atomic E-state index is 13.2. The number of likely N-dealkylation sites (tertiary alicyclic amines) is 1. The maximum atomic E-state index is 13.2. The molecule has 2 aliphatic heterocycles. The first kappa shape index (κ1) is 22.2. The summed E-state index contributed by atoms with van der Waals surface area (Å²) in [6, 6.07) is 11.7. The fourth-order valence-electron chi connectivity index (χ4n) is 4.71. The normalized spacial score (nSPS) is 21.1. The van der Waals surface area contributed by atoms with Crippen molar-refractivity contribution in [3.8, 4) is 5.75 Å². The van der Waals surface area contributed by atoms with Crippen molar-refractivity contribution in [2.75, 3.05) is 6.54 Å². The molecule has 0 saturated carbocycles. The van der Waals surface area contributed by atoms with Crippen molar-refractivity contribution in [3.05, 3.63) is 88.5 Å². The highest BCUT2D eigenvalue weighted by atomic mass is 35.5.